The minimum absolute atomic E-state index is 0.0226. The number of aromatic nitrogens is 1. The van der Waals surface area contributed by atoms with Gasteiger partial charge in [-0.15, -0.1) is 0 Å². The van der Waals surface area contributed by atoms with E-state index >= 15 is 0 Å². The molecule has 0 aliphatic rings. The number of halogens is 1. The van der Waals surface area contributed by atoms with Crippen LogP contribution in [0.5, 0.6) is 5.75 Å². The van der Waals surface area contributed by atoms with Gasteiger partial charge in [0.15, 0.2) is 17.3 Å². The second-order valence-electron chi connectivity index (χ2n) is 8.18. The van der Waals surface area contributed by atoms with Crippen LogP contribution in [-0.4, -0.2) is 17.5 Å². The monoisotopic (exact) mass is 463 g/mol. The number of ether oxygens (including phenoxy) is 1. The Kier molecular flexibility index (Phi) is 5.98. The predicted octanol–water partition coefficient (Wildman–Crippen LogP) is 5.96. The maximum absolute atomic E-state index is 14.8. The summed E-state index contributed by atoms with van der Waals surface area (Å²) in [4.78, 5) is 27.6. The highest BCUT2D eigenvalue weighted by atomic mass is 19.1. The molecule has 0 aliphatic carbocycles. The van der Waals surface area contributed by atoms with Crippen LogP contribution >= 0.6 is 0 Å². The molecule has 0 N–H and O–H groups in total. The Balaban J connectivity index is 1.93. The minimum atomic E-state index is -0.661. The topological polar surface area (TPSA) is 48.3 Å². The van der Waals surface area contributed by atoms with Crippen LogP contribution < -0.4 is 10.2 Å². The molecule has 0 spiro atoms. The predicted molar refractivity (Wildman–Crippen MR) is 135 cm³/mol. The smallest absolute Gasteiger partial charge is 0.200 e. The summed E-state index contributed by atoms with van der Waals surface area (Å²) in [7, 11) is 1.38. The van der Waals surface area contributed by atoms with Crippen LogP contribution in [0, 0.1) is 5.82 Å². The Labute approximate surface area is 201 Å². The molecule has 4 aromatic carbocycles. The second-order valence-corrected chi connectivity index (χ2v) is 8.18. The number of nitrogens with zero attached hydrogens (tertiary/aromatic N) is 1. The van der Waals surface area contributed by atoms with Gasteiger partial charge in [-0.25, -0.2) is 4.39 Å². The summed E-state index contributed by atoms with van der Waals surface area (Å²) in [5.41, 5.74) is 2.60. The quantitative estimate of drug-likeness (QED) is 0.292. The number of ketones is 1. The highest BCUT2D eigenvalue weighted by Gasteiger charge is 2.25. The maximum atomic E-state index is 14.8. The van der Waals surface area contributed by atoms with E-state index in [9.17, 15) is 14.0 Å². The first kappa shape index (κ1) is 22.3. The lowest BCUT2D eigenvalue weighted by Gasteiger charge is -2.21. The molecular formula is C30H22FNO3. The summed E-state index contributed by atoms with van der Waals surface area (Å²) in [6.07, 6.45) is 0.328. The highest BCUT2D eigenvalue weighted by molar-refractivity contribution is 6.11. The van der Waals surface area contributed by atoms with E-state index in [4.69, 9.17) is 4.74 Å². The van der Waals surface area contributed by atoms with Crippen molar-refractivity contribution in [3.63, 3.8) is 0 Å². The largest absolute Gasteiger partial charge is 0.494 e. The van der Waals surface area contributed by atoms with E-state index in [2.05, 4.69) is 0 Å². The number of hydrogen-bond donors (Lipinski definition) is 0. The fourth-order valence-electron chi connectivity index (χ4n) is 4.39. The average Bonchev–Trinajstić information content (AvgIpc) is 2.90. The zero-order chi connectivity index (χ0) is 24.4. The van der Waals surface area contributed by atoms with Gasteiger partial charge in [0.1, 0.15) is 0 Å². The van der Waals surface area contributed by atoms with Gasteiger partial charge in [-0.2, -0.15) is 0 Å². The lowest BCUT2D eigenvalue weighted by Crippen LogP contribution is -2.25. The summed E-state index contributed by atoms with van der Waals surface area (Å²) in [5.74, 6) is -1.04. The van der Waals surface area contributed by atoms with Crippen molar-refractivity contribution in [3.05, 3.63) is 142 Å². The maximum Gasteiger partial charge on any atom is 0.200 e. The zero-order valence-electron chi connectivity index (χ0n) is 19.1. The van der Waals surface area contributed by atoms with Gasteiger partial charge < -0.3 is 9.30 Å². The molecule has 5 heteroatoms. The number of carbonyl (C=O) groups is 1. The molecular weight excluding hydrogens is 441 g/mol. The van der Waals surface area contributed by atoms with Crippen molar-refractivity contribution in [3.8, 4) is 11.4 Å². The van der Waals surface area contributed by atoms with Gasteiger partial charge in [-0.05, 0) is 23.8 Å². The SMILES string of the molecule is COc1cc2c(cc1F)c(=O)c(C(=O)c1ccccc1)c(Cc1ccccc1)n2-c1ccccc1. The number of para-hydroxylation sites is 1. The summed E-state index contributed by atoms with van der Waals surface area (Å²) < 4.78 is 21.9. The van der Waals surface area contributed by atoms with Gasteiger partial charge >= 0.3 is 0 Å². The van der Waals surface area contributed by atoms with E-state index in [1.807, 2.05) is 71.3 Å². The van der Waals surface area contributed by atoms with Crippen LogP contribution in [0.25, 0.3) is 16.6 Å². The van der Waals surface area contributed by atoms with Crippen molar-refractivity contribution in [2.45, 2.75) is 6.42 Å². The fraction of sp³-hybridized carbons (Fsp3) is 0.0667. The third kappa shape index (κ3) is 4.13. The number of pyridine rings is 1. The first-order valence-electron chi connectivity index (χ1n) is 11.2. The molecule has 0 atom stereocenters. The van der Waals surface area contributed by atoms with E-state index in [-0.39, 0.29) is 16.7 Å². The van der Waals surface area contributed by atoms with Gasteiger partial charge in [-0.1, -0.05) is 78.9 Å². The molecule has 1 aromatic heterocycles. The fourth-order valence-corrected chi connectivity index (χ4v) is 4.39. The molecule has 0 radical (unpaired) electrons. The van der Waals surface area contributed by atoms with Gasteiger partial charge in [0.25, 0.3) is 0 Å². The van der Waals surface area contributed by atoms with Crippen LogP contribution in [0.3, 0.4) is 0 Å². The van der Waals surface area contributed by atoms with Gasteiger partial charge in [-0.3, -0.25) is 9.59 Å². The Morgan fingerprint density at radius 3 is 2.09 bits per heavy atom. The summed E-state index contributed by atoms with van der Waals surface area (Å²) in [6, 6.07) is 30.4. The highest BCUT2D eigenvalue weighted by Crippen LogP contribution is 2.29. The number of methoxy groups -OCH3 is 1. The van der Waals surface area contributed by atoms with Crippen LogP contribution in [0.1, 0.15) is 27.2 Å². The molecule has 172 valence electrons. The van der Waals surface area contributed by atoms with E-state index in [1.54, 1.807) is 24.3 Å². The molecule has 0 fully saturated rings. The second kappa shape index (κ2) is 9.39. The van der Waals surface area contributed by atoms with E-state index in [0.717, 1.165) is 17.3 Å². The molecule has 0 unspecified atom stereocenters. The Hall–Kier alpha value is -4.51. The van der Waals surface area contributed by atoms with Gasteiger partial charge in [0, 0.05) is 34.8 Å². The van der Waals surface area contributed by atoms with E-state index < -0.39 is 17.0 Å². The zero-order valence-corrected chi connectivity index (χ0v) is 19.1. The van der Waals surface area contributed by atoms with Crippen LogP contribution in [0.2, 0.25) is 0 Å². The van der Waals surface area contributed by atoms with Crippen LogP contribution in [-0.2, 0) is 6.42 Å². The number of rotatable bonds is 6. The van der Waals surface area contributed by atoms with Crippen molar-refractivity contribution in [2.75, 3.05) is 7.11 Å². The molecule has 0 saturated carbocycles. The molecule has 35 heavy (non-hydrogen) atoms. The van der Waals surface area contributed by atoms with Crippen molar-refractivity contribution in [1.82, 2.24) is 4.57 Å². The normalized spacial score (nSPS) is 10.9. The molecule has 1 heterocycles. The number of carbonyl (C=O) groups excluding carboxylic acids is 1. The Morgan fingerprint density at radius 2 is 1.46 bits per heavy atom. The number of fused-ring (bicyclic) bond motifs is 1. The van der Waals surface area contributed by atoms with Gasteiger partial charge in [0.2, 0.25) is 5.43 Å². The Bertz CT molecular complexity index is 1580. The van der Waals surface area contributed by atoms with Crippen LogP contribution in [0.15, 0.2) is 108 Å². The van der Waals surface area contributed by atoms with E-state index in [1.165, 1.54) is 13.2 Å². The average molecular weight is 464 g/mol. The molecule has 0 aliphatic heterocycles. The molecule has 4 nitrogen and oxygen atoms in total. The molecule has 5 aromatic rings. The molecule has 0 amide bonds. The summed E-state index contributed by atoms with van der Waals surface area (Å²) in [5, 5.41) is 0.114. The van der Waals surface area contributed by atoms with Gasteiger partial charge in [0.05, 0.1) is 18.2 Å². The van der Waals surface area contributed by atoms with Crippen molar-refractivity contribution in [1.29, 1.82) is 0 Å². The third-order valence-electron chi connectivity index (χ3n) is 6.03. The van der Waals surface area contributed by atoms with Crippen LogP contribution in [0.4, 0.5) is 4.39 Å². The lowest BCUT2D eigenvalue weighted by atomic mass is 9.95. The van der Waals surface area contributed by atoms with Crippen molar-refractivity contribution in [2.24, 2.45) is 0 Å². The lowest BCUT2D eigenvalue weighted by molar-refractivity contribution is 0.103. The molecule has 0 saturated heterocycles. The first-order valence-corrected chi connectivity index (χ1v) is 11.2. The molecule has 5 rings (SSSR count). The standard InChI is InChI=1S/C30H22FNO3/c1-35-27-19-25-23(18-24(27)31)30(34)28(29(33)21-13-7-3-8-14-21)26(17-20-11-5-2-6-12-20)32(25)22-15-9-4-10-16-22/h2-16,18-19H,17H2,1H3. The van der Waals surface area contributed by atoms with Crippen molar-refractivity contribution < 1.29 is 13.9 Å². The first-order chi connectivity index (χ1) is 17.1. The molecule has 0 bridgehead atoms. The minimum Gasteiger partial charge on any atom is -0.494 e. The van der Waals surface area contributed by atoms with E-state index in [0.29, 0.717) is 23.2 Å². The summed E-state index contributed by atoms with van der Waals surface area (Å²) in [6.45, 7) is 0. The third-order valence-corrected chi connectivity index (χ3v) is 6.03. The number of hydrogen-bond acceptors (Lipinski definition) is 3. The van der Waals surface area contributed by atoms with Crippen molar-refractivity contribution >= 4 is 16.7 Å². The Morgan fingerprint density at radius 1 is 0.857 bits per heavy atom. The number of benzene rings is 4. The summed E-state index contributed by atoms with van der Waals surface area (Å²) >= 11 is 0.